The van der Waals surface area contributed by atoms with Crippen LogP contribution in [0.2, 0.25) is 0 Å². The molecule has 0 radical (unpaired) electrons. The number of para-hydroxylation sites is 1. The Hall–Kier alpha value is -6.58. The summed E-state index contributed by atoms with van der Waals surface area (Å²) >= 11 is 0. The zero-order chi connectivity index (χ0) is 32.6. The van der Waals surface area contributed by atoms with Gasteiger partial charge in [0.05, 0.1) is 11.4 Å². The maximum atomic E-state index is 4.79. The molecule has 8 aromatic carbocycles. The second-order valence-corrected chi connectivity index (χ2v) is 12.3. The molecule has 3 heteroatoms. The van der Waals surface area contributed by atoms with Crippen LogP contribution in [0, 0.1) is 0 Å². The molecule has 0 saturated carbocycles. The van der Waals surface area contributed by atoms with Crippen molar-refractivity contribution in [3.8, 4) is 33.9 Å². The predicted octanol–water partition coefficient (Wildman–Crippen LogP) is 12.3. The number of fused-ring (bicyclic) bond motifs is 9. The molecule has 0 aliphatic heterocycles. The minimum absolute atomic E-state index is 0.746. The highest BCUT2D eigenvalue weighted by Gasteiger charge is 2.12. The first-order chi connectivity index (χ1) is 24.3. The zero-order valence-corrected chi connectivity index (χ0v) is 26.7. The summed E-state index contributed by atoms with van der Waals surface area (Å²) in [4.78, 5) is 13.1. The summed E-state index contributed by atoms with van der Waals surface area (Å²) in [6.07, 6.45) is 0. The van der Waals surface area contributed by atoms with Gasteiger partial charge < -0.3 is 4.98 Å². The van der Waals surface area contributed by atoms with Crippen molar-refractivity contribution in [1.82, 2.24) is 15.0 Å². The third-order valence-electron chi connectivity index (χ3n) is 9.29. The van der Waals surface area contributed by atoms with E-state index in [1.807, 2.05) is 66.7 Å². The highest BCUT2D eigenvalue weighted by atomic mass is 14.9. The van der Waals surface area contributed by atoms with Gasteiger partial charge in [0.25, 0.3) is 0 Å². The van der Waals surface area contributed by atoms with E-state index in [1.165, 1.54) is 54.1 Å². The van der Waals surface area contributed by atoms with Crippen LogP contribution in [0.1, 0.15) is 0 Å². The number of nitrogens with one attached hydrogen (secondary N) is 1. The van der Waals surface area contributed by atoms with E-state index < -0.39 is 0 Å². The maximum Gasteiger partial charge on any atom is 0.160 e. The molecule has 0 amide bonds. The highest BCUT2D eigenvalue weighted by molar-refractivity contribution is 6.26. The number of hydrogen-bond donors (Lipinski definition) is 1. The lowest BCUT2D eigenvalue weighted by molar-refractivity contribution is 1.18. The van der Waals surface area contributed by atoms with Crippen LogP contribution in [0.4, 0.5) is 0 Å². The Labute approximate surface area is 284 Å². The SMILES string of the molecule is c1ccc(-c2cc(-c3ccccc3)nc(-c3ccccc3)n2)cc1.c1ccc2c(c1)ccc1c2ccc2c1ccc1[nH]c3ccccc3c12. The Morgan fingerprint density at radius 2 is 0.816 bits per heavy atom. The molecule has 10 aromatic rings. The van der Waals surface area contributed by atoms with Gasteiger partial charge in [-0.05, 0) is 50.5 Å². The maximum absolute atomic E-state index is 4.79. The molecule has 0 unspecified atom stereocenters. The highest BCUT2D eigenvalue weighted by Crippen LogP contribution is 2.37. The number of benzene rings is 8. The Balaban J connectivity index is 0.000000133. The molecule has 0 aliphatic rings. The van der Waals surface area contributed by atoms with Crippen molar-refractivity contribution < 1.29 is 0 Å². The molecule has 0 saturated heterocycles. The van der Waals surface area contributed by atoms with Gasteiger partial charge in [0.15, 0.2) is 5.82 Å². The second kappa shape index (κ2) is 12.2. The lowest BCUT2D eigenvalue weighted by Gasteiger charge is -2.09. The minimum Gasteiger partial charge on any atom is -0.354 e. The quantitative estimate of drug-likeness (QED) is 0.199. The molecule has 0 fully saturated rings. The molecule has 49 heavy (non-hydrogen) atoms. The topological polar surface area (TPSA) is 41.6 Å². The van der Waals surface area contributed by atoms with E-state index in [0.717, 1.165) is 33.9 Å². The summed E-state index contributed by atoms with van der Waals surface area (Å²) in [5.74, 6) is 0.746. The Kier molecular flexibility index (Phi) is 7.14. The Bertz CT molecular complexity index is 2610. The molecule has 10 rings (SSSR count). The van der Waals surface area contributed by atoms with Gasteiger partial charge in [0, 0.05) is 38.5 Å². The van der Waals surface area contributed by atoms with Crippen molar-refractivity contribution in [2.75, 3.05) is 0 Å². The largest absolute Gasteiger partial charge is 0.354 e. The average molecular weight is 626 g/mol. The van der Waals surface area contributed by atoms with Gasteiger partial charge >= 0.3 is 0 Å². The van der Waals surface area contributed by atoms with E-state index in [4.69, 9.17) is 9.97 Å². The standard InChI is InChI=1S/C24H15N.C22H16N2/c1-2-6-16-15(5-1)9-10-18-17(16)11-12-20-19(18)13-14-23-24(20)21-7-3-4-8-22(21)25-23;1-4-10-17(11-5-1)20-16-21(18-12-6-2-7-13-18)24-22(23-20)19-14-8-3-9-15-19/h1-14,25H;1-16H. The first kappa shape index (κ1) is 28.6. The van der Waals surface area contributed by atoms with Crippen molar-refractivity contribution in [2.45, 2.75) is 0 Å². The molecule has 0 spiro atoms. The van der Waals surface area contributed by atoms with E-state index in [2.05, 4.69) is 120 Å². The van der Waals surface area contributed by atoms with Gasteiger partial charge in [-0.2, -0.15) is 0 Å². The van der Waals surface area contributed by atoms with Crippen molar-refractivity contribution in [3.05, 3.63) is 182 Å². The fraction of sp³-hybridized carbons (Fsp3) is 0. The first-order valence-corrected chi connectivity index (χ1v) is 16.6. The lowest BCUT2D eigenvalue weighted by atomic mass is 9.95. The number of aromatic amines is 1. The molecule has 0 bridgehead atoms. The van der Waals surface area contributed by atoms with Gasteiger partial charge in [-0.25, -0.2) is 9.97 Å². The number of aromatic nitrogens is 3. The molecule has 2 heterocycles. The third-order valence-corrected chi connectivity index (χ3v) is 9.29. The average Bonchev–Trinajstić information content (AvgIpc) is 3.58. The fourth-order valence-electron chi connectivity index (χ4n) is 6.93. The van der Waals surface area contributed by atoms with Crippen molar-refractivity contribution >= 4 is 54.1 Å². The van der Waals surface area contributed by atoms with Crippen molar-refractivity contribution in [3.63, 3.8) is 0 Å². The smallest absolute Gasteiger partial charge is 0.160 e. The van der Waals surface area contributed by atoms with E-state index in [1.54, 1.807) is 0 Å². The molecule has 230 valence electrons. The summed E-state index contributed by atoms with van der Waals surface area (Å²) < 4.78 is 0. The van der Waals surface area contributed by atoms with Crippen molar-refractivity contribution in [2.24, 2.45) is 0 Å². The molecule has 2 aromatic heterocycles. The third kappa shape index (κ3) is 5.28. The summed E-state index contributed by atoms with van der Waals surface area (Å²) in [6, 6.07) is 63.3. The van der Waals surface area contributed by atoms with Gasteiger partial charge in [-0.15, -0.1) is 0 Å². The van der Waals surface area contributed by atoms with E-state index in [9.17, 15) is 0 Å². The summed E-state index contributed by atoms with van der Waals surface area (Å²) in [7, 11) is 0. The second-order valence-electron chi connectivity index (χ2n) is 12.3. The van der Waals surface area contributed by atoms with Crippen LogP contribution in [-0.4, -0.2) is 15.0 Å². The molecule has 3 nitrogen and oxygen atoms in total. The minimum atomic E-state index is 0.746. The number of nitrogens with zero attached hydrogens (tertiary/aromatic N) is 2. The van der Waals surface area contributed by atoms with Crippen LogP contribution in [0.3, 0.4) is 0 Å². The van der Waals surface area contributed by atoms with Gasteiger partial charge in [0.2, 0.25) is 0 Å². The van der Waals surface area contributed by atoms with Gasteiger partial charge in [-0.1, -0.05) is 164 Å². The summed E-state index contributed by atoms with van der Waals surface area (Å²) in [5.41, 5.74) is 7.47. The van der Waals surface area contributed by atoms with Crippen LogP contribution >= 0.6 is 0 Å². The molecular formula is C46H31N3. The predicted molar refractivity (Wildman–Crippen MR) is 207 cm³/mol. The van der Waals surface area contributed by atoms with Crippen molar-refractivity contribution in [1.29, 1.82) is 0 Å². The summed E-state index contributed by atoms with van der Waals surface area (Å²) in [5, 5.41) is 10.5. The number of hydrogen-bond acceptors (Lipinski definition) is 2. The number of rotatable bonds is 3. The van der Waals surface area contributed by atoms with Gasteiger partial charge in [0.1, 0.15) is 0 Å². The normalized spacial score (nSPS) is 11.3. The first-order valence-electron chi connectivity index (χ1n) is 16.6. The molecule has 0 atom stereocenters. The fourth-order valence-corrected chi connectivity index (χ4v) is 6.93. The van der Waals surface area contributed by atoms with Crippen LogP contribution in [0.15, 0.2) is 182 Å². The van der Waals surface area contributed by atoms with E-state index in [-0.39, 0.29) is 0 Å². The molecule has 1 N–H and O–H groups in total. The zero-order valence-electron chi connectivity index (χ0n) is 26.7. The van der Waals surface area contributed by atoms with Crippen LogP contribution < -0.4 is 0 Å². The molecular weight excluding hydrogens is 595 g/mol. The van der Waals surface area contributed by atoms with E-state index in [0.29, 0.717) is 0 Å². The van der Waals surface area contributed by atoms with Crippen LogP contribution in [-0.2, 0) is 0 Å². The number of H-pyrrole nitrogens is 1. The van der Waals surface area contributed by atoms with Gasteiger partial charge in [-0.3, -0.25) is 0 Å². The Morgan fingerprint density at radius 1 is 0.327 bits per heavy atom. The monoisotopic (exact) mass is 625 g/mol. The van der Waals surface area contributed by atoms with Crippen LogP contribution in [0.5, 0.6) is 0 Å². The Morgan fingerprint density at radius 3 is 1.51 bits per heavy atom. The summed E-state index contributed by atoms with van der Waals surface area (Å²) in [6.45, 7) is 0. The van der Waals surface area contributed by atoms with E-state index >= 15 is 0 Å². The van der Waals surface area contributed by atoms with Crippen LogP contribution in [0.25, 0.3) is 88.0 Å². The molecule has 0 aliphatic carbocycles. The lowest BCUT2D eigenvalue weighted by Crippen LogP contribution is -1.95.